The number of aromatic nitrogens is 2. The van der Waals surface area contributed by atoms with Crippen molar-refractivity contribution in [1.29, 1.82) is 0 Å². The maximum atomic E-state index is 11.6. The molecule has 5 nitrogen and oxygen atoms in total. The van der Waals surface area contributed by atoms with Crippen LogP contribution in [0.25, 0.3) is 0 Å². The summed E-state index contributed by atoms with van der Waals surface area (Å²) in [5.74, 6) is -0.0950. The van der Waals surface area contributed by atoms with Crippen molar-refractivity contribution in [2.24, 2.45) is 0 Å². The van der Waals surface area contributed by atoms with Crippen molar-refractivity contribution in [3.05, 3.63) is 17.5 Å². The molecule has 0 bridgehead atoms. The third kappa shape index (κ3) is 2.82. The zero-order valence-corrected chi connectivity index (χ0v) is 9.55. The Balaban J connectivity index is 1.71. The molecular formula is C11H18N4O. The molecule has 1 aromatic rings. The molecule has 5 heteroatoms. The van der Waals surface area contributed by atoms with Crippen LogP contribution < -0.4 is 10.6 Å². The predicted molar refractivity (Wildman–Crippen MR) is 61.3 cm³/mol. The summed E-state index contributed by atoms with van der Waals surface area (Å²) in [4.78, 5) is 11.6. The third-order valence-corrected chi connectivity index (χ3v) is 2.88. The number of carbonyl (C=O) groups excluding carboxylic acids is 1. The molecule has 3 N–H and O–H groups in total. The lowest BCUT2D eigenvalue weighted by atomic mass is 10.1. The number of nitrogens with one attached hydrogen (secondary N) is 3. The molecule has 1 aliphatic rings. The minimum atomic E-state index is -0.0950. The van der Waals surface area contributed by atoms with Gasteiger partial charge in [0, 0.05) is 18.3 Å². The second-order valence-electron chi connectivity index (χ2n) is 4.27. The van der Waals surface area contributed by atoms with Gasteiger partial charge in [-0.3, -0.25) is 9.89 Å². The fourth-order valence-electron chi connectivity index (χ4n) is 1.99. The Hall–Kier alpha value is -1.36. The molecule has 1 aliphatic heterocycles. The van der Waals surface area contributed by atoms with Gasteiger partial charge >= 0.3 is 0 Å². The van der Waals surface area contributed by atoms with Crippen molar-refractivity contribution in [2.45, 2.75) is 32.2 Å². The number of aryl methyl sites for hydroxylation is 1. The van der Waals surface area contributed by atoms with E-state index in [0.29, 0.717) is 18.3 Å². The second kappa shape index (κ2) is 5.12. The van der Waals surface area contributed by atoms with E-state index in [1.54, 1.807) is 6.07 Å². The van der Waals surface area contributed by atoms with Gasteiger partial charge in [-0.2, -0.15) is 5.10 Å². The predicted octanol–water partition coefficient (Wildman–Crippen LogP) is 0.590. The molecule has 2 rings (SSSR count). The zero-order valence-electron chi connectivity index (χ0n) is 9.55. The highest BCUT2D eigenvalue weighted by Gasteiger charge is 2.14. The first-order chi connectivity index (χ1) is 7.75. The summed E-state index contributed by atoms with van der Waals surface area (Å²) in [6.45, 7) is 3.70. The van der Waals surface area contributed by atoms with E-state index in [9.17, 15) is 4.79 Å². The molecule has 0 spiro atoms. The highest BCUT2D eigenvalue weighted by Crippen LogP contribution is 2.07. The summed E-state index contributed by atoms with van der Waals surface area (Å²) in [7, 11) is 0. The largest absolute Gasteiger partial charge is 0.351 e. The molecule has 1 fully saturated rings. The van der Waals surface area contributed by atoms with Crippen molar-refractivity contribution >= 4 is 5.91 Å². The van der Waals surface area contributed by atoms with E-state index < -0.39 is 0 Å². The SMILES string of the molecule is Cc1cc(C(=O)NCC[C@H]2CCCN2)n[nH]1. The first-order valence-corrected chi connectivity index (χ1v) is 5.79. The minimum absolute atomic E-state index is 0.0950. The maximum absolute atomic E-state index is 11.6. The number of H-pyrrole nitrogens is 1. The van der Waals surface area contributed by atoms with Crippen LogP contribution in [0.2, 0.25) is 0 Å². The van der Waals surface area contributed by atoms with Crippen LogP contribution in [0.5, 0.6) is 0 Å². The van der Waals surface area contributed by atoms with Crippen molar-refractivity contribution in [3.63, 3.8) is 0 Å². The number of hydrogen-bond donors (Lipinski definition) is 3. The minimum Gasteiger partial charge on any atom is -0.351 e. The van der Waals surface area contributed by atoms with Crippen LogP contribution in [0.1, 0.15) is 35.4 Å². The molecular weight excluding hydrogens is 204 g/mol. The van der Waals surface area contributed by atoms with Crippen molar-refractivity contribution in [3.8, 4) is 0 Å². The van der Waals surface area contributed by atoms with Gasteiger partial charge in [0.2, 0.25) is 0 Å². The van der Waals surface area contributed by atoms with E-state index in [1.165, 1.54) is 12.8 Å². The van der Waals surface area contributed by atoms with Crippen LogP contribution in [0.15, 0.2) is 6.07 Å². The Morgan fingerprint density at radius 3 is 3.19 bits per heavy atom. The topological polar surface area (TPSA) is 69.8 Å². The lowest BCUT2D eigenvalue weighted by molar-refractivity contribution is 0.0947. The monoisotopic (exact) mass is 222 g/mol. The van der Waals surface area contributed by atoms with Crippen LogP contribution in [0.3, 0.4) is 0 Å². The highest BCUT2D eigenvalue weighted by atomic mass is 16.1. The van der Waals surface area contributed by atoms with Gasteiger partial charge in [0.15, 0.2) is 0 Å². The van der Waals surface area contributed by atoms with E-state index in [2.05, 4.69) is 20.8 Å². The Morgan fingerprint density at radius 2 is 2.56 bits per heavy atom. The van der Waals surface area contributed by atoms with E-state index in [-0.39, 0.29) is 5.91 Å². The Bertz CT molecular complexity index is 355. The van der Waals surface area contributed by atoms with Crippen LogP contribution >= 0.6 is 0 Å². The average Bonchev–Trinajstić information content (AvgIpc) is 2.89. The third-order valence-electron chi connectivity index (χ3n) is 2.88. The highest BCUT2D eigenvalue weighted by molar-refractivity contribution is 5.92. The lowest BCUT2D eigenvalue weighted by Crippen LogP contribution is -2.30. The lowest BCUT2D eigenvalue weighted by Gasteiger charge is -2.09. The fourth-order valence-corrected chi connectivity index (χ4v) is 1.99. The van der Waals surface area contributed by atoms with Crippen LogP contribution in [-0.2, 0) is 0 Å². The van der Waals surface area contributed by atoms with Gasteiger partial charge in [0.1, 0.15) is 5.69 Å². The molecule has 0 radical (unpaired) electrons. The molecule has 0 unspecified atom stereocenters. The van der Waals surface area contributed by atoms with E-state index in [4.69, 9.17) is 0 Å². The molecule has 0 aliphatic carbocycles. The summed E-state index contributed by atoms with van der Waals surface area (Å²) >= 11 is 0. The fraction of sp³-hybridized carbons (Fsp3) is 0.636. The summed E-state index contributed by atoms with van der Waals surface area (Å²) < 4.78 is 0. The van der Waals surface area contributed by atoms with Gasteiger partial charge < -0.3 is 10.6 Å². The number of aromatic amines is 1. The first kappa shape index (κ1) is 11.1. The van der Waals surface area contributed by atoms with E-state index >= 15 is 0 Å². The number of nitrogens with zero attached hydrogens (tertiary/aromatic N) is 1. The van der Waals surface area contributed by atoms with Crippen LogP contribution in [0, 0.1) is 6.92 Å². The summed E-state index contributed by atoms with van der Waals surface area (Å²) in [5.41, 5.74) is 1.37. The maximum Gasteiger partial charge on any atom is 0.271 e. The van der Waals surface area contributed by atoms with E-state index in [1.807, 2.05) is 6.92 Å². The van der Waals surface area contributed by atoms with Gasteiger partial charge in [-0.15, -0.1) is 0 Å². The van der Waals surface area contributed by atoms with Crippen LogP contribution in [-0.4, -0.2) is 35.2 Å². The van der Waals surface area contributed by atoms with Crippen molar-refractivity contribution in [1.82, 2.24) is 20.8 Å². The summed E-state index contributed by atoms with van der Waals surface area (Å²) in [5, 5.41) is 13.0. The Labute approximate surface area is 95.0 Å². The molecule has 1 atom stereocenters. The summed E-state index contributed by atoms with van der Waals surface area (Å²) in [6, 6.07) is 2.32. The molecule has 16 heavy (non-hydrogen) atoms. The van der Waals surface area contributed by atoms with Gasteiger partial charge in [0.05, 0.1) is 0 Å². The molecule has 1 amide bonds. The van der Waals surface area contributed by atoms with Gasteiger partial charge in [-0.1, -0.05) is 0 Å². The zero-order chi connectivity index (χ0) is 11.4. The van der Waals surface area contributed by atoms with E-state index in [0.717, 1.165) is 18.7 Å². The average molecular weight is 222 g/mol. The first-order valence-electron chi connectivity index (χ1n) is 5.79. The second-order valence-corrected chi connectivity index (χ2v) is 4.27. The van der Waals surface area contributed by atoms with Gasteiger partial charge in [0.25, 0.3) is 5.91 Å². The molecule has 1 saturated heterocycles. The smallest absolute Gasteiger partial charge is 0.271 e. The molecule has 1 aromatic heterocycles. The van der Waals surface area contributed by atoms with Crippen LogP contribution in [0.4, 0.5) is 0 Å². The number of hydrogen-bond acceptors (Lipinski definition) is 3. The quantitative estimate of drug-likeness (QED) is 0.698. The molecule has 88 valence electrons. The number of amides is 1. The Kier molecular flexibility index (Phi) is 3.56. The van der Waals surface area contributed by atoms with Gasteiger partial charge in [-0.05, 0) is 38.8 Å². The number of rotatable bonds is 4. The molecule has 2 heterocycles. The van der Waals surface area contributed by atoms with Crippen molar-refractivity contribution in [2.75, 3.05) is 13.1 Å². The summed E-state index contributed by atoms with van der Waals surface area (Å²) in [6.07, 6.45) is 3.46. The van der Waals surface area contributed by atoms with Gasteiger partial charge in [-0.25, -0.2) is 0 Å². The standard InChI is InChI=1S/C11H18N4O/c1-8-7-10(15-14-8)11(16)13-6-4-9-3-2-5-12-9/h7,9,12H,2-6H2,1H3,(H,13,16)(H,14,15)/t9-/m1/s1. The molecule has 0 saturated carbocycles. The normalized spacial score (nSPS) is 19.9. The molecule has 0 aromatic carbocycles. The van der Waals surface area contributed by atoms with Crippen molar-refractivity contribution < 1.29 is 4.79 Å². The Morgan fingerprint density at radius 1 is 1.69 bits per heavy atom. The number of carbonyl (C=O) groups is 1.